The fourth-order valence-corrected chi connectivity index (χ4v) is 5.69. The van der Waals surface area contributed by atoms with Gasteiger partial charge in [0.15, 0.2) is 0 Å². The van der Waals surface area contributed by atoms with Crippen LogP contribution in [-0.4, -0.2) is 50.0 Å². The van der Waals surface area contributed by atoms with Crippen molar-refractivity contribution >= 4 is 39.1 Å². The summed E-state index contributed by atoms with van der Waals surface area (Å²) in [4.78, 5) is 28.6. The first-order valence-corrected chi connectivity index (χ1v) is 15.1. The van der Waals surface area contributed by atoms with Crippen LogP contribution in [-0.2, 0) is 26.2 Å². The lowest BCUT2D eigenvalue weighted by Crippen LogP contribution is -2.53. The van der Waals surface area contributed by atoms with Crippen LogP contribution in [0.3, 0.4) is 0 Å². The number of anilines is 1. The lowest BCUT2D eigenvalue weighted by molar-refractivity contribution is -0.140. The summed E-state index contributed by atoms with van der Waals surface area (Å²) in [5.41, 5.74) is 2.29. The predicted molar refractivity (Wildman–Crippen MR) is 149 cm³/mol. The van der Waals surface area contributed by atoms with Gasteiger partial charge in [0.1, 0.15) is 12.6 Å². The van der Waals surface area contributed by atoms with Crippen LogP contribution in [0.15, 0.2) is 48.5 Å². The molecule has 9 heteroatoms. The van der Waals surface area contributed by atoms with E-state index in [9.17, 15) is 18.0 Å². The van der Waals surface area contributed by atoms with E-state index in [2.05, 4.69) is 19.2 Å². The lowest BCUT2D eigenvalue weighted by atomic mass is 10.0. The van der Waals surface area contributed by atoms with E-state index in [0.717, 1.165) is 47.4 Å². The molecule has 0 radical (unpaired) electrons. The maximum Gasteiger partial charge on any atom is 0.244 e. The average molecular weight is 548 g/mol. The number of hydrogen-bond acceptors (Lipinski definition) is 4. The van der Waals surface area contributed by atoms with E-state index in [1.165, 1.54) is 4.90 Å². The summed E-state index contributed by atoms with van der Waals surface area (Å²) in [6.07, 6.45) is 5.51. The van der Waals surface area contributed by atoms with Gasteiger partial charge in [-0.05, 0) is 60.6 Å². The minimum atomic E-state index is -3.76. The molecule has 1 aliphatic carbocycles. The molecule has 3 rings (SSSR count). The number of amides is 2. The van der Waals surface area contributed by atoms with Gasteiger partial charge in [0.25, 0.3) is 0 Å². The highest BCUT2D eigenvalue weighted by molar-refractivity contribution is 7.92. The standard InChI is InChI=1S/C28H38ClN3O4S/c1-5-26(28(34)30-24-8-6-7-9-24)31(18-21-10-14-23(29)15-11-21)27(33)19-32(37(4,35)36)25-16-12-22(13-17-25)20(2)3/h10-17,20,24,26H,5-9,18-19H2,1-4H3,(H,30,34)/t26-/m0/s1. The molecule has 0 unspecified atom stereocenters. The molecule has 1 N–H and O–H groups in total. The van der Waals surface area contributed by atoms with E-state index in [4.69, 9.17) is 11.6 Å². The zero-order chi connectivity index (χ0) is 27.2. The van der Waals surface area contributed by atoms with Gasteiger partial charge in [0.2, 0.25) is 21.8 Å². The Bertz CT molecular complexity index is 1160. The Morgan fingerprint density at radius 2 is 1.62 bits per heavy atom. The fourth-order valence-electron chi connectivity index (χ4n) is 4.71. The van der Waals surface area contributed by atoms with Crippen LogP contribution in [0.25, 0.3) is 0 Å². The summed E-state index contributed by atoms with van der Waals surface area (Å²) < 4.78 is 26.6. The second kappa shape index (κ2) is 12.8. The van der Waals surface area contributed by atoms with Crippen LogP contribution in [0.4, 0.5) is 5.69 Å². The first-order valence-electron chi connectivity index (χ1n) is 12.9. The Balaban J connectivity index is 1.90. The van der Waals surface area contributed by atoms with Crippen LogP contribution in [0, 0.1) is 0 Å². The van der Waals surface area contributed by atoms with Gasteiger partial charge in [-0.2, -0.15) is 0 Å². The van der Waals surface area contributed by atoms with Gasteiger partial charge in [-0.1, -0.05) is 69.5 Å². The molecule has 0 bridgehead atoms. The second-order valence-corrected chi connectivity index (χ2v) is 12.4. The van der Waals surface area contributed by atoms with Gasteiger partial charge in [-0.15, -0.1) is 0 Å². The van der Waals surface area contributed by atoms with Gasteiger partial charge < -0.3 is 10.2 Å². The van der Waals surface area contributed by atoms with Crippen molar-refractivity contribution in [1.82, 2.24) is 10.2 Å². The number of sulfonamides is 1. The van der Waals surface area contributed by atoms with Gasteiger partial charge >= 0.3 is 0 Å². The SMILES string of the molecule is CC[C@@H](C(=O)NC1CCCC1)N(Cc1ccc(Cl)cc1)C(=O)CN(c1ccc(C(C)C)cc1)S(C)(=O)=O. The van der Waals surface area contributed by atoms with E-state index < -0.39 is 28.5 Å². The van der Waals surface area contributed by atoms with E-state index >= 15 is 0 Å². The van der Waals surface area contributed by atoms with Crippen molar-refractivity contribution in [3.05, 3.63) is 64.7 Å². The summed E-state index contributed by atoms with van der Waals surface area (Å²) in [6, 6.07) is 13.7. The predicted octanol–water partition coefficient (Wildman–Crippen LogP) is 5.10. The minimum Gasteiger partial charge on any atom is -0.352 e. The maximum atomic E-state index is 13.8. The van der Waals surface area contributed by atoms with Crippen molar-refractivity contribution in [3.8, 4) is 0 Å². The zero-order valence-corrected chi connectivity index (χ0v) is 23.7. The zero-order valence-electron chi connectivity index (χ0n) is 22.1. The van der Waals surface area contributed by atoms with Gasteiger partial charge in [0, 0.05) is 17.6 Å². The maximum absolute atomic E-state index is 13.8. The Kier molecular flexibility index (Phi) is 10.0. The molecule has 2 amide bonds. The molecular formula is C28H38ClN3O4S. The summed E-state index contributed by atoms with van der Waals surface area (Å²) in [6.45, 7) is 5.74. The number of carbonyl (C=O) groups is 2. The minimum absolute atomic E-state index is 0.112. The van der Waals surface area contributed by atoms with E-state index in [1.54, 1.807) is 24.3 Å². The molecule has 1 fully saturated rings. The van der Waals surface area contributed by atoms with Gasteiger partial charge in [-0.25, -0.2) is 8.42 Å². The van der Waals surface area contributed by atoms with E-state index in [1.807, 2.05) is 31.2 Å². The molecule has 2 aromatic carbocycles. The third-order valence-corrected chi connectivity index (χ3v) is 8.27. The Morgan fingerprint density at radius 3 is 2.14 bits per heavy atom. The molecule has 202 valence electrons. The first kappa shape index (κ1) is 29.0. The van der Waals surface area contributed by atoms with Crippen molar-refractivity contribution in [1.29, 1.82) is 0 Å². The molecule has 1 atom stereocenters. The van der Waals surface area contributed by atoms with Gasteiger partial charge in [-0.3, -0.25) is 13.9 Å². The molecule has 1 saturated carbocycles. The number of hydrogen-bond donors (Lipinski definition) is 1. The van der Waals surface area contributed by atoms with E-state index in [-0.39, 0.29) is 18.5 Å². The number of carbonyl (C=O) groups excluding carboxylic acids is 2. The molecular weight excluding hydrogens is 510 g/mol. The number of nitrogens with zero attached hydrogens (tertiary/aromatic N) is 2. The third-order valence-electron chi connectivity index (χ3n) is 6.88. The van der Waals surface area contributed by atoms with Crippen molar-refractivity contribution in [2.45, 2.75) is 77.4 Å². The second-order valence-electron chi connectivity index (χ2n) is 10.1. The highest BCUT2D eigenvalue weighted by atomic mass is 35.5. The summed E-state index contributed by atoms with van der Waals surface area (Å²) in [5.74, 6) is -0.355. The lowest BCUT2D eigenvalue weighted by Gasteiger charge is -2.33. The van der Waals surface area contributed by atoms with Crippen LogP contribution < -0.4 is 9.62 Å². The van der Waals surface area contributed by atoms with Crippen molar-refractivity contribution in [2.24, 2.45) is 0 Å². The summed E-state index contributed by atoms with van der Waals surface area (Å²) in [7, 11) is -3.76. The molecule has 7 nitrogen and oxygen atoms in total. The highest BCUT2D eigenvalue weighted by Crippen LogP contribution is 2.24. The van der Waals surface area contributed by atoms with Crippen molar-refractivity contribution in [2.75, 3.05) is 17.1 Å². The molecule has 1 aliphatic rings. The smallest absolute Gasteiger partial charge is 0.244 e. The first-order chi connectivity index (χ1) is 17.5. The quantitative estimate of drug-likeness (QED) is 0.424. The number of nitrogens with one attached hydrogen (secondary N) is 1. The highest BCUT2D eigenvalue weighted by Gasteiger charge is 2.33. The molecule has 0 aromatic heterocycles. The van der Waals surface area contributed by atoms with Crippen molar-refractivity contribution < 1.29 is 18.0 Å². The van der Waals surface area contributed by atoms with Gasteiger partial charge in [0.05, 0.1) is 11.9 Å². The summed E-state index contributed by atoms with van der Waals surface area (Å²) in [5, 5.41) is 3.68. The molecule has 0 spiro atoms. The molecule has 0 saturated heterocycles. The average Bonchev–Trinajstić information content (AvgIpc) is 3.36. The Labute approximate surface area is 226 Å². The third kappa shape index (κ3) is 7.95. The van der Waals surface area contributed by atoms with Crippen LogP contribution in [0.5, 0.6) is 0 Å². The van der Waals surface area contributed by atoms with Crippen LogP contribution in [0.2, 0.25) is 5.02 Å². The molecule has 37 heavy (non-hydrogen) atoms. The number of halogens is 1. The Hall–Kier alpha value is -2.58. The van der Waals surface area contributed by atoms with Crippen molar-refractivity contribution in [3.63, 3.8) is 0 Å². The topological polar surface area (TPSA) is 86.8 Å². The molecule has 2 aromatic rings. The fraction of sp³-hybridized carbons (Fsp3) is 0.500. The van der Waals surface area contributed by atoms with Crippen LogP contribution >= 0.6 is 11.6 Å². The number of benzene rings is 2. The van der Waals surface area contributed by atoms with E-state index in [0.29, 0.717) is 23.0 Å². The largest absolute Gasteiger partial charge is 0.352 e. The Morgan fingerprint density at radius 1 is 1.03 bits per heavy atom. The number of rotatable bonds is 11. The normalized spacial score (nSPS) is 15.0. The van der Waals surface area contributed by atoms with Crippen LogP contribution in [0.1, 0.15) is 69.9 Å². The summed E-state index contributed by atoms with van der Waals surface area (Å²) >= 11 is 6.05. The monoisotopic (exact) mass is 547 g/mol. The molecule has 0 aliphatic heterocycles. The molecule has 0 heterocycles.